The number of nitrogens with zero attached hydrogens (tertiary/aromatic N) is 1. The van der Waals surface area contributed by atoms with Crippen molar-refractivity contribution in [2.24, 2.45) is 0 Å². The van der Waals surface area contributed by atoms with Crippen molar-refractivity contribution in [1.29, 1.82) is 0 Å². The van der Waals surface area contributed by atoms with E-state index in [1.54, 1.807) is 13.8 Å². The predicted octanol–water partition coefficient (Wildman–Crippen LogP) is 2.61. The first-order valence-corrected chi connectivity index (χ1v) is 8.59. The lowest BCUT2D eigenvalue weighted by Gasteiger charge is -2.37. The number of phosphoric ester groups is 1. The fourth-order valence-electron chi connectivity index (χ4n) is 1.28. The number of rotatable bonds is 7. The molecule has 12 heteroatoms. The highest BCUT2D eigenvalue weighted by molar-refractivity contribution is 9.09. The van der Waals surface area contributed by atoms with Crippen molar-refractivity contribution in [3.63, 3.8) is 0 Å². The van der Waals surface area contributed by atoms with Gasteiger partial charge in [-0.15, -0.1) is 0 Å². The number of hydrogen-bond donors (Lipinski definition) is 0. The largest absolute Gasteiger partial charge is 0.486 e. The summed E-state index contributed by atoms with van der Waals surface area (Å²) in [5.74, 6) is -0.915. The summed E-state index contributed by atoms with van der Waals surface area (Å²) in [4.78, 5) is 10.6. The normalized spacial score (nSPS) is 24.0. The summed E-state index contributed by atoms with van der Waals surface area (Å²) in [6.07, 6.45) is 0. The van der Waals surface area contributed by atoms with E-state index < -0.39 is 30.7 Å². The summed E-state index contributed by atoms with van der Waals surface area (Å²) in [6, 6.07) is 0. The molecule has 1 aliphatic rings. The molecule has 0 saturated carbocycles. The minimum Gasteiger partial charge on any atom is -0.343 e. The van der Waals surface area contributed by atoms with E-state index in [9.17, 15) is 14.7 Å². The van der Waals surface area contributed by atoms with Gasteiger partial charge in [-0.25, -0.2) is 8.18 Å². The van der Waals surface area contributed by atoms with Gasteiger partial charge in [-0.2, -0.15) is 0 Å². The number of nitro groups is 1. The first-order valence-electron chi connectivity index (χ1n) is 5.36. The van der Waals surface area contributed by atoms with Crippen LogP contribution in [0.25, 0.3) is 0 Å². The third kappa shape index (κ3) is 4.70. The van der Waals surface area contributed by atoms with Crippen LogP contribution >= 0.6 is 40.0 Å². The van der Waals surface area contributed by atoms with Crippen LogP contribution in [0.15, 0.2) is 0 Å². The van der Waals surface area contributed by atoms with Gasteiger partial charge in [0.15, 0.2) is 5.79 Å². The Kier molecular flexibility index (Phi) is 6.55. The van der Waals surface area contributed by atoms with E-state index in [1.807, 2.05) is 0 Å². The Labute approximate surface area is 132 Å². The first-order chi connectivity index (χ1) is 9.19. The molecule has 1 aliphatic heterocycles. The highest BCUT2D eigenvalue weighted by Crippen LogP contribution is 2.52. The van der Waals surface area contributed by atoms with Crippen LogP contribution in [0.3, 0.4) is 0 Å². The van der Waals surface area contributed by atoms with Crippen molar-refractivity contribution < 1.29 is 31.6 Å². The van der Waals surface area contributed by atoms with Crippen LogP contribution in [0.2, 0.25) is 0 Å². The van der Waals surface area contributed by atoms with Gasteiger partial charge in [-0.1, -0.05) is 15.9 Å². The third-order valence-electron chi connectivity index (χ3n) is 2.55. The zero-order chi connectivity index (χ0) is 15.4. The van der Waals surface area contributed by atoms with Gasteiger partial charge in [0.2, 0.25) is 0 Å². The van der Waals surface area contributed by atoms with Crippen LogP contribution in [-0.4, -0.2) is 41.6 Å². The molecule has 20 heavy (non-hydrogen) atoms. The predicted molar refractivity (Wildman–Crippen MR) is 74.2 cm³/mol. The molecule has 0 spiro atoms. The molecule has 1 fully saturated rings. The SMILES string of the molecule is CC1(C)OCC(COP(=O)(OBr)OCBr)([N+](=O)[O-])CO1. The lowest BCUT2D eigenvalue weighted by Crippen LogP contribution is -2.58. The molecule has 0 aliphatic carbocycles. The van der Waals surface area contributed by atoms with Crippen LogP contribution in [0.5, 0.6) is 0 Å². The number of alkyl halides is 1. The minimum absolute atomic E-state index is 0.124. The summed E-state index contributed by atoms with van der Waals surface area (Å²) in [5, 5.41) is 11.2. The maximum atomic E-state index is 11.9. The second-order valence-electron chi connectivity index (χ2n) is 4.49. The smallest absolute Gasteiger partial charge is 0.343 e. The maximum Gasteiger partial charge on any atom is 0.486 e. The van der Waals surface area contributed by atoms with E-state index in [4.69, 9.17) is 18.5 Å². The number of halogens is 2. The Bertz CT molecular complexity index is 396. The molecule has 118 valence electrons. The van der Waals surface area contributed by atoms with Crippen LogP contribution in [-0.2, 0) is 26.7 Å². The zero-order valence-electron chi connectivity index (χ0n) is 10.7. The summed E-state index contributed by atoms with van der Waals surface area (Å²) >= 11 is 5.40. The highest BCUT2D eigenvalue weighted by Gasteiger charge is 2.52. The molecule has 1 heterocycles. The van der Waals surface area contributed by atoms with Gasteiger partial charge in [0.1, 0.15) is 41.6 Å². The molecule has 0 aromatic carbocycles. The second kappa shape index (κ2) is 7.10. The topological polar surface area (TPSA) is 106 Å². The molecule has 1 rings (SSSR count). The van der Waals surface area contributed by atoms with Gasteiger partial charge >= 0.3 is 7.82 Å². The Morgan fingerprint density at radius 1 is 1.35 bits per heavy atom. The van der Waals surface area contributed by atoms with Gasteiger partial charge in [0.25, 0.3) is 5.54 Å². The number of hydrogen-bond acceptors (Lipinski definition) is 8. The molecule has 1 saturated heterocycles. The minimum atomic E-state index is -3.93. The van der Waals surface area contributed by atoms with Gasteiger partial charge in [-0.05, 0) is 13.8 Å². The Morgan fingerprint density at radius 2 is 1.90 bits per heavy atom. The zero-order valence-corrected chi connectivity index (χ0v) is 14.8. The van der Waals surface area contributed by atoms with E-state index >= 15 is 0 Å². The first kappa shape index (κ1) is 18.4. The highest BCUT2D eigenvalue weighted by atomic mass is 79.9. The summed E-state index contributed by atoms with van der Waals surface area (Å²) in [5.41, 5.74) is -1.80. The fourth-order valence-corrected chi connectivity index (χ4v) is 3.20. The van der Waals surface area contributed by atoms with E-state index in [0.29, 0.717) is 0 Å². The summed E-state index contributed by atoms with van der Waals surface area (Å²) in [6.45, 7) is 2.23. The Balaban J connectivity index is 2.74. The Hall–Kier alpha value is 0.390. The number of ether oxygens (including phenoxy) is 2. The maximum absolute atomic E-state index is 11.9. The molecule has 0 aromatic rings. The lowest BCUT2D eigenvalue weighted by atomic mass is 10.0. The molecular weight excluding hydrogens is 429 g/mol. The molecular formula is C8H14Br2NO8P. The average Bonchev–Trinajstić information content (AvgIpc) is 2.38. The van der Waals surface area contributed by atoms with E-state index in [0.717, 1.165) is 0 Å². The van der Waals surface area contributed by atoms with E-state index in [-0.39, 0.29) is 18.7 Å². The summed E-state index contributed by atoms with van der Waals surface area (Å²) < 4.78 is 36.5. The number of phosphoric acid groups is 1. The van der Waals surface area contributed by atoms with Crippen molar-refractivity contribution in [1.82, 2.24) is 0 Å². The molecule has 0 amide bonds. The van der Waals surface area contributed by atoms with Crippen molar-refractivity contribution >= 4 is 40.0 Å². The van der Waals surface area contributed by atoms with E-state index in [1.165, 1.54) is 0 Å². The molecule has 0 N–H and O–H groups in total. The standard InChI is InChI=1S/C8H14Br2NO8P/c1-7(2)15-3-8(4-16-7,11(12)13)5-17-20(14,19-10)18-6-9/h3-6H2,1-2H3. The van der Waals surface area contributed by atoms with Crippen molar-refractivity contribution in [3.05, 3.63) is 10.1 Å². The third-order valence-corrected chi connectivity index (χ3v) is 5.25. The molecule has 0 aromatic heterocycles. The monoisotopic (exact) mass is 441 g/mol. The molecule has 1 unspecified atom stereocenters. The van der Waals surface area contributed by atoms with Crippen LogP contribution in [0.1, 0.15) is 13.8 Å². The van der Waals surface area contributed by atoms with Gasteiger partial charge in [0, 0.05) is 4.92 Å². The van der Waals surface area contributed by atoms with Crippen LogP contribution < -0.4 is 0 Å². The van der Waals surface area contributed by atoms with Gasteiger partial charge in [-0.3, -0.25) is 19.2 Å². The fraction of sp³-hybridized carbons (Fsp3) is 1.00. The second-order valence-corrected chi connectivity index (χ2v) is 7.36. The molecule has 1 atom stereocenters. The Morgan fingerprint density at radius 3 is 2.30 bits per heavy atom. The van der Waals surface area contributed by atoms with Crippen LogP contribution in [0, 0.1) is 10.1 Å². The van der Waals surface area contributed by atoms with Crippen molar-refractivity contribution in [2.75, 3.05) is 25.3 Å². The van der Waals surface area contributed by atoms with Crippen LogP contribution in [0.4, 0.5) is 0 Å². The lowest BCUT2D eigenvalue weighted by molar-refractivity contribution is -0.597. The molecule has 9 nitrogen and oxygen atoms in total. The van der Waals surface area contributed by atoms with Crippen molar-refractivity contribution in [2.45, 2.75) is 25.2 Å². The summed E-state index contributed by atoms with van der Waals surface area (Å²) in [7, 11) is -3.93. The van der Waals surface area contributed by atoms with Gasteiger partial charge in [0.05, 0.1) is 0 Å². The quantitative estimate of drug-likeness (QED) is 0.256. The van der Waals surface area contributed by atoms with Crippen molar-refractivity contribution in [3.8, 4) is 0 Å². The van der Waals surface area contributed by atoms with E-state index in [2.05, 4.69) is 35.8 Å². The molecule has 0 bridgehead atoms. The average molecular weight is 443 g/mol. The molecule has 0 radical (unpaired) electrons. The van der Waals surface area contributed by atoms with Gasteiger partial charge < -0.3 is 9.47 Å².